The smallest absolute Gasteiger partial charge is 0.185 e. The molecule has 0 radical (unpaired) electrons. The largest absolute Gasteiger partial charge is 0.504 e. The number of aliphatic hydroxyl groups is 1. The third-order valence-electron chi connectivity index (χ3n) is 9.42. The highest BCUT2D eigenvalue weighted by atomic mass is 16.3. The van der Waals surface area contributed by atoms with Crippen LogP contribution in [0.1, 0.15) is 48.6 Å². The summed E-state index contributed by atoms with van der Waals surface area (Å²) < 4.78 is 0. The lowest BCUT2D eigenvalue weighted by molar-refractivity contribution is -0.173. The summed E-state index contributed by atoms with van der Waals surface area (Å²) in [5.41, 5.74) is 14.2. The maximum atomic E-state index is 12.9. The van der Waals surface area contributed by atoms with Crippen molar-refractivity contribution >= 4 is 16.9 Å². The number of benzene rings is 2. The Hall–Kier alpha value is -3.23. The Morgan fingerprint density at radius 1 is 1.11 bits per heavy atom. The van der Waals surface area contributed by atoms with Gasteiger partial charge in [0.05, 0.1) is 5.60 Å². The van der Waals surface area contributed by atoms with Gasteiger partial charge in [-0.2, -0.15) is 0 Å². The van der Waals surface area contributed by atoms with Gasteiger partial charge in [0, 0.05) is 59.5 Å². The van der Waals surface area contributed by atoms with Gasteiger partial charge in [-0.05, 0) is 55.0 Å². The standard InChI is InChI=1S/C29H37N5O3/c1-17-16-34(12-6-2-5-11-32-27(30)31)24-13-18-9-10-23(35)26(36)25(18)28(17)15-22-20(14-29(24,28)37)19-7-3-4-8-21(19)33-22/h3-4,7-10,17,24,33,35-37H,2,5-6,11-16H2,1H3,(H4,30,31,32)/t17-,24?,28?,29?/m1/s1. The second kappa shape index (κ2) is 8.67. The van der Waals surface area contributed by atoms with Crippen LogP contribution in [0.25, 0.3) is 10.9 Å². The zero-order chi connectivity index (χ0) is 25.9. The average molecular weight is 504 g/mol. The van der Waals surface area contributed by atoms with Crippen LogP contribution in [0.15, 0.2) is 41.4 Å². The first kappa shape index (κ1) is 24.1. The van der Waals surface area contributed by atoms with Gasteiger partial charge in [0.15, 0.2) is 17.5 Å². The molecule has 37 heavy (non-hydrogen) atoms. The summed E-state index contributed by atoms with van der Waals surface area (Å²) in [6, 6.07) is 11.7. The molecule has 2 heterocycles. The molecule has 2 bridgehead atoms. The first-order valence-electron chi connectivity index (χ1n) is 13.4. The topological polar surface area (TPSA) is 144 Å². The van der Waals surface area contributed by atoms with Crippen molar-refractivity contribution < 1.29 is 15.3 Å². The number of piperidine rings is 1. The van der Waals surface area contributed by atoms with Gasteiger partial charge in [0.2, 0.25) is 0 Å². The van der Waals surface area contributed by atoms with Crippen molar-refractivity contribution in [2.75, 3.05) is 19.6 Å². The number of aromatic nitrogens is 1. The molecular formula is C29H37N5O3. The highest BCUT2D eigenvalue weighted by molar-refractivity contribution is 5.85. The normalized spacial score (nSPS) is 28.4. The zero-order valence-corrected chi connectivity index (χ0v) is 21.4. The van der Waals surface area contributed by atoms with Crippen molar-refractivity contribution in [1.29, 1.82) is 0 Å². The molecule has 0 spiro atoms. The molecule has 1 fully saturated rings. The highest BCUT2D eigenvalue weighted by Gasteiger charge is 2.68. The summed E-state index contributed by atoms with van der Waals surface area (Å²) in [4.78, 5) is 10.2. The Kier molecular flexibility index (Phi) is 5.65. The third-order valence-corrected chi connectivity index (χ3v) is 9.42. The summed E-state index contributed by atoms with van der Waals surface area (Å²) in [5.74, 6) is -0.00466. The van der Waals surface area contributed by atoms with Crippen LogP contribution in [0.5, 0.6) is 11.5 Å². The summed E-state index contributed by atoms with van der Waals surface area (Å²) in [6.07, 6.45) is 4.68. The summed E-state index contributed by atoms with van der Waals surface area (Å²) in [6.45, 7) is 4.54. The Labute approximate surface area is 217 Å². The van der Waals surface area contributed by atoms with Gasteiger partial charge < -0.3 is 31.8 Å². The first-order valence-corrected chi connectivity index (χ1v) is 13.4. The number of phenols is 2. The number of unbranched alkanes of at least 4 members (excludes halogenated alkanes) is 2. The van der Waals surface area contributed by atoms with Gasteiger partial charge in [-0.3, -0.25) is 9.89 Å². The van der Waals surface area contributed by atoms with Gasteiger partial charge in [0.25, 0.3) is 0 Å². The Balaban J connectivity index is 1.42. The Morgan fingerprint density at radius 2 is 1.92 bits per heavy atom. The fourth-order valence-corrected chi connectivity index (χ4v) is 7.83. The number of H-pyrrole nitrogens is 1. The van der Waals surface area contributed by atoms with E-state index in [-0.39, 0.29) is 29.4 Å². The molecule has 3 unspecified atom stereocenters. The Morgan fingerprint density at radius 3 is 2.73 bits per heavy atom. The number of phenolic OH excluding ortho intramolecular Hbond substituents is 2. The fourth-order valence-electron chi connectivity index (χ4n) is 7.83. The number of likely N-dealkylation sites (tertiary alicyclic amines) is 1. The van der Waals surface area contributed by atoms with Gasteiger partial charge in [-0.15, -0.1) is 0 Å². The van der Waals surface area contributed by atoms with Crippen LogP contribution in [0.4, 0.5) is 0 Å². The predicted octanol–water partition coefficient (Wildman–Crippen LogP) is 2.67. The monoisotopic (exact) mass is 503 g/mol. The average Bonchev–Trinajstić information content (AvgIpc) is 3.21. The predicted molar refractivity (Wildman–Crippen MR) is 145 cm³/mol. The van der Waals surface area contributed by atoms with Crippen molar-refractivity contribution in [2.45, 2.75) is 62.5 Å². The molecular weight excluding hydrogens is 466 g/mol. The van der Waals surface area contributed by atoms with Crippen LogP contribution in [0.2, 0.25) is 0 Å². The van der Waals surface area contributed by atoms with Crippen molar-refractivity contribution in [2.24, 2.45) is 22.4 Å². The van der Waals surface area contributed by atoms with E-state index < -0.39 is 11.0 Å². The highest BCUT2D eigenvalue weighted by Crippen LogP contribution is 2.62. The second-order valence-electron chi connectivity index (χ2n) is 11.3. The molecule has 2 aromatic carbocycles. The van der Waals surface area contributed by atoms with E-state index >= 15 is 0 Å². The minimum atomic E-state index is -1.08. The molecule has 196 valence electrons. The number of hydrogen-bond donors (Lipinski definition) is 6. The van der Waals surface area contributed by atoms with Gasteiger partial charge in [0.1, 0.15) is 0 Å². The van der Waals surface area contributed by atoms with Crippen molar-refractivity contribution in [3.63, 3.8) is 0 Å². The molecule has 2 aliphatic carbocycles. The number of aliphatic imine (C=N–C) groups is 1. The van der Waals surface area contributed by atoms with Crippen LogP contribution in [0.3, 0.4) is 0 Å². The van der Waals surface area contributed by atoms with Crippen molar-refractivity contribution in [3.8, 4) is 11.5 Å². The number of fused-ring (bicyclic) bond motifs is 4. The number of rotatable bonds is 6. The number of guanidine groups is 1. The van der Waals surface area contributed by atoms with Crippen LogP contribution < -0.4 is 11.5 Å². The molecule has 6 rings (SSSR count). The molecule has 0 saturated carbocycles. The van der Waals surface area contributed by atoms with Crippen LogP contribution >= 0.6 is 0 Å². The molecule has 1 aromatic heterocycles. The van der Waals surface area contributed by atoms with Crippen molar-refractivity contribution in [3.05, 3.63) is 58.8 Å². The van der Waals surface area contributed by atoms with Crippen LogP contribution in [-0.2, 0) is 24.7 Å². The first-order chi connectivity index (χ1) is 17.8. The van der Waals surface area contributed by atoms with Gasteiger partial charge in [-0.25, -0.2) is 0 Å². The summed E-state index contributed by atoms with van der Waals surface area (Å²) >= 11 is 0. The molecule has 3 aromatic rings. The lowest BCUT2D eigenvalue weighted by Crippen LogP contribution is -2.76. The van der Waals surface area contributed by atoms with Crippen LogP contribution in [0, 0.1) is 5.92 Å². The number of nitrogens with one attached hydrogen (secondary N) is 1. The van der Waals surface area contributed by atoms with E-state index in [1.807, 2.05) is 18.2 Å². The molecule has 4 atom stereocenters. The summed E-state index contributed by atoms with van der Waals surface area (Å²) in [5, 5.41) is 35.8. The van der Waals surface area contributed by atoms with E-state index in [1.54, 1.807) is 6.07 Å². The molecule has 8 N–H and O–H groups in total. The fraction of sp³-hybridized carbons (Fsp3) is 0.483. The van der Waals surface area contributed by atoms with Gasteiger partial charge in [-0.1, -0.05) is 37.6 Å². The second-order valence-corrected chi connectivity index (χ2v) is 11.3. The lowest BCUT2D eigenvalue weighted by Gasteiger charge is -2.66. The number of nitrogens with zero attached hydrogens (tertiary/aromatic N) is 2. The van der Waals surface area contributed by atoms with E-state index in [9.17, 15) is 15.3 Å². The minimum absolute atomic E-state index is 0.0571. The number of nitrogens with two attached hydrogens (primary N) is 2. The molecule has 8 heteroatoms. The molecule has 8 nitrogen and oxygen atoms in total. The number of aromatic amines is 1. The van der Waals surface area contributed by atoms with E-state index in [4.69, 9.17) is 11.5 Å². The molecule has 0 amide bonds. The maximum absolute atomic E-state index is 12.9. The van der Waals surface area contributed by atoms with Crippen molar-refractivity contribution in [1.82, 2.24) is 9.88 Å². The van der Waals surface area contributed by atoms with E-state index in [0.29, 0.717) is 25.8 Å². The van der Waals surface area contributed by atoms with E-state index in [1.165, 1.54) is 5.56 Å². The molecule has 1 saturated heterocycles. The number of aromatic hydroxyl groups is 2. The number of hydrogen-bond acceptors (Lipinski definition) is 5. The Bertz CT molecular complexity index is 1380. The van der Waals surface area contributed by atoms with E-state index in [2.05, 4.69) is 33.9 Å². The summed E-state index contributed by atoms with van der Waals surface area (Å²) in [7, 11) is 0. The lowest BCUT2D eigenvalue weighted by atomic mass is 9.46. The van der Waals surface area contributed by atoms with E-state index in [0.717, 1.165) is 60.1 Å². The molecule has 3 aliphatic rings. The van der Waals surface area contributed by atoms with Crippen LogP contribution in [-0.4, -0.2) is 62.4 Å². The third kappa shape index (κ3) is 3.45. The SMILES string of the molecule is C[C@@H]1CN(CCCCCN=C(N)N)C2Cc3ccc(O)c(O)c3C13Cc1[nH]c4ccccc4c1CC23O. The maximum Gasteiger partial charge on any atom is 0.185 e. The zero-order valence-electron chi connectivity index (χ0n) is 21.4. The minimum Gasteiger partial charge on any atom is -0.504 e. The molecule has 1 aliphatic heterocycles. The van der Waals surface area contributed by atoms with Gasteiger partial charge >= 0.3 is 0 Å². The quantitative estimate of drug-likeness (QED) is 0.132. The number of para-hydroxylation sites is 1.